The van der Waals surface area contributed by atoms with Gasteiger partial charge < -0.3 is 0 Å². The molecule has 5 heteroatoms. The van der Waals surface area contributed by atoms with E-state index in [1.807, 2.05) is 0 Å². The van der Waals surface area contributed by atoms with Gasteiger partial charge in [-0.1, -0.05) is 5.57 Å². The summed E-state index contributed by atoms with van der Waals surface area (Å²) in [5.74, 6) is 0.216. The van der Waals surface area contributed by atoms with Crippen LogP contribution < -0.4 is 0 Å². The second-order valence-electron chi connectivity index (χ2n) is 4.11. The van der Waals surface area contributed by atoms with E-state index in [1.165, 1.54) is 5.57 Å². The van der Waals surface area contributed by atoms with Gasteiger partial charge in [0.2, 0.25) is 0 Å². The Balaban J connectivity index is 2.14. The Labute approximate surface area is 96.8 Å². The lowest BCUT2D eigenvalue weighted by Crippen LogP contribution is -2.05. The molecule has 0 spiro atoms. The van der Waals surface area contributed by atoms with Crippen LogP contribution in [0.3, 0.4) is 0 Å². The van der Waals surface area contributed by atoms with Crippen molar-refractivity contribution in [2.45, 2.75) is 38.5 Å². The highest BCUT2D eigenvalue weighted by atomic mass is 32.2. The fourth-order valence-corrected chi connectivity index (χ4v) is 2.14. The fourth-order valence-electron chi connectivity index (χ4n) is 1.72. The first kappa shape index (κ1) is 13.4. The molecule has 0 aromatic rings. The molecule has 0 saturated heterocycles. The standard InChI is InChI=1S/C11H18O4S/c1-16(13,14)15-8-3-2-5-10-6-4-7-11(12)9-10/h9H,2-8H2,1H3. The summed E-state index contributed by atoms with van der Waals surface area (Å²) in [5.41, 5.74) is 1.19. The normalized spacial score (nSPS) is 17.3. The number of rotatable bonds is 6. The molecule has 1 rings (SSSR count). The molecule has 0 saturated carbocycles. The largest absolute Gasteiger partial charge is 0.295 e. The van der Waals surface area contributed by atoms with E-state index >= 15 is 0 Å². The quantitative estimate of drug-likeness (QED) is 0.529. The molecule has 0 amide bonds. The molecular weight excluding hydrogens is 228 g/mol. The summed E-state index contributed by atoms with van der Waals surface area (Å²) < 4.78 is 25.9. The van der Waals surface area contributed by atoms with Crippen molar-refractivity contribution in [2.24, 2.45) is 0 Å². The average Bonchev–Trinajstić information content (AvgIpc) is 2.15. The van der Waals surface area contributed by atoms with E-state index in [4.69, 9.17) is 0 Å². The van der Waals surface area contributed by atoms with Crippen molar-refractivity contribution in [1.82, 2.24) is 0 Å². The molecule has 16 heavy (non-hydrogen) atoms. The van der Waals surface area contributed by atoms with Gasteiger partial charge in [0, 0.05) is 6.42 Å². The van der Waals surface area contributed by atoms with Crippen molar-refractivity contribution in [2.75, 3.05) is 12.9 Å². The number of hydrogen-bond donors (Lipinski definition) is 0. The number of allylic oxidation sites excluding steroid dienone is 2. The summed E-state index contributed by atoms with van der Waals surface area (Å²) in [4.78, 5) is 11.1. The molecule has 0 aromatic carbocycles. The van der Waals surface area contributed by atoms with Crippen molar-refractivity contribution in [3.05, 3.63) is 11.6 Å². The van der Waals surface area contributed by atoms with E-state index in [1.54, 1.807) is 6.08 Å². The number of ketones is 1. The third-order valence-electron chi connectivity index (χ3n) is 2.48. The highest BCUT2D eigenvalue weighted by Crippen LogP contribution is 2.20. The van der Waals surface area contributed by atoms with Gasteiger partial charge in [-0.3, -0.25) is 8.98 Å². The van der Waals surface area contributed by atoms with Gasteiger partial charge in [0.25, 0.3) is 10.1 Å². The van der Waals surface area contributed by atoms with Crippen molar-refractivity contribution in [1.29, 1.82) is 0 Å². The molecule has 0 radical (unpaired) electrons. The maximum absolute atomic E-state index is 11.1. The predicted molar refractivity (Wildman–Crippen MR) is 61.6 cm³/mol. The lowest BCUT2D eigenvalue weighted by molar-refractivity contribution is -0.115. The predicted octanol–water partition coefficient (Wildman–Crippen LogP) is 1.81. The van der Waals surface area contributed by atoms with Gasteiger partial charge in [-0.25, -0.2) is 0 Å². The van der Waals surface area contributed by atoms with Crippen molar-refractivity contribution >= 4 is 15.9 Å². The minimum atomic E-state index is -3.31. The Bertz CT molecular complexity index is 367. The van der Waals surface area contributed by atoms with Crippen LogP contribution in [0.25, 0.3) is 0 Å². The van der Waals surface area contributed by atoms with Gasteiger partial charge in [0.1, 0.15) is 0 Å². The molecule has 4 nitrogen and oxygen atoms in total. The number of carbonyl (C=O) groups is 1. The summed E-state index contributed by atoms with van der Waals surface area (Å²) in [5, 5.41) is 0. The summed E-state index contributed by atoms with van der Waals surface area (Å²) in [6.07, 6.45) is 7.85. The van der Waals surface area contributed by atoms with E-state index in [9.17, 15) is 13.2 Å². The fraction of sp³-hybridized carbons (Fsp3) is 0.727. The Morgan fingerprint density at radius 1 is 1.31 bits per heavy atom. The molecule has 0 unspecified atom stereocenters. The molecule has 0 atom stereocenters. The molecule has 0 N–H and O–H groups in total. The van der Waals surface area contributed by atoms with Gasteiger partial charge in [0.15, 0.2) is 5.78 Å². The first-order valence-electron chi connectivity index (χ1n) is 5.54. The number of hydrogen-bond acceptors (Lipinski definition) is 4. The van der Waals surface area contributed by atoms with E-state index in [-0.39, 0.29) is 12.4 Å². The Morgan fingerprint density at radius 2 is 2.06 bits per heavy atom. The highest BCUT2D eigenvalue weighted by molar-refractivity contribution is 7.85. The maximum Gasteiger partial charge on any atom is 0.264 e. The van der Waals surface area contributed by atoms with Crippen LogP contribution in [0, 0.1) is 0 Å². The Hall–Kier alpha value is -0.680. The molecule has 1 aliphatic carbocycles. The average molecular weight is 246 g/mol. The summed E-state index contributed by atoms with van der Waals surface area (Å²) in [6.45, 7) is 0.236. The molecule has 0 heterocycles. The van der Waals surface area contributed by atoms with Gasteiger partial charge >= 0.3 is 0 Å². The zero-order chi connectivity index (χ0) is 12.0. The lowest BCUT2D eigenvalue weighted by atomic mass is 9.95. The summed E-state index contributed by atoms with van der Waals surface area (Å²) >= 11 is 0. The molecule has 1 aliphatic rings. The number of unbranched alkanes of at least 4 members (excludes halogenated alkanes) is 1. The van der Waals surface area contributed by atoms with Crippen LogP contribution in [0.2, 0.25) is 0 Å². The smallest absolute Gasteiger partial charge is 0.264 e. The molecule has 0 aliphatic heterocycles. The van der Waals surface area contributed by atoms with Crippen LogP contribution in [0.5, 0.6) is 0 Å². The van der Waals surface area contributed by atoms with Crippen LogP contribution in [-0.4, -0.2) is 27.1 Å². The summed E-state index contributed by atoms with van der Waals surface area (Å²) in [6, 6.07) is 0. The lowest BCUT2D eigenvalue weighted by Gasteiger charge is -2.11. The topological polar surface area (TPSA) is 60.4 Å². The van der Waals surface area contributed by atoms with Crippen LogP contribution in [0.1, 0.15) is 38.5 Å². The Kier molecular flexibility index (Phi) is 5.15. The molecule has 92 valence electrons. The third kappa shape index (κ3) is 6.02. The first-order valence-corrected chi connectivity index (χ1v) is 7.36. The van der Waals surface area contributed by atoms with Crippen LogP contribution in [0.15, 0.2) is 11.6 Å². The van der Waals surface area contributed by atoms with Crippen LogP contribution in [0.4, 0.5) is 0 Å². The van der Waals surface area contributed by atoms with Crippen LogP contribution in [-0.2, 0) is 19.1 Å². The summed E-state index contributed by atoms with van der Waals surface area (Å²) in [7, 11) is -3.31. The number of carbonyl (C=O) groups excluding carboxylic acids is 1. The van der Waals surface area contributed by atoms with Gasteiger partial charge in [-0.05, 0) is 38.2 Å². The second kappa shape index (κ2) is 6.15. The van der Waals surface area contributed by atoms with E-state index in [0.29, 0.717) is 12.8 Å². The minimum Gasteiger partial charge on any atom is -0.295 e. The monoisotopic (exact) mass is 246 g/mol. The van der Waals surface area contributed by atoms with Crippen LogP contribution >= 0.6 is 0 Å². The van der Waals surface area contributed by atoms with Gasteiger partial charge in [-0.2, -0.15) is 8.42 Å². The van der Waals surface area contributed by atoms with Crippen molar-refractivity contribution in [3.63, 3.8) is 0 Å². The van der Waals surface area contributed by atoms with Gasteiger partial charge in [-0.15, -0.1) is 0 Å². The van der Waals surface area contributed by atoms with Crippen molar-refractivity contribution in [3.8, 4) is 0 Å². The second-order valence-corrected chi connectivity index (χ2v) is 5.75. The highest BCUT2D eigenvalue weighted by Gasteiger charge is 2.09. The van der Waals surface area contributed by atoms with E-state index in [2.05, 4.69) is 4.18 Å². The van der Waals surface area contributed by atoms with Crippen molar-refractivity contribution < 1.29 is 17.4 Å². The zero-order valence-corrected chi connectivity index (χ0v) is 10.4. The first-order chi connectivity index (χ1) is 7.47. The molecule has 0 fully saturated rings. The van der Waals surface area contributed by atoms with E-state index in [0.717, 1.165) is 31.9 Å². The SMILES string of the molecule is CS(=O)(=O)OCCCCC1=CC(=O)CCC1. The zero-order valence-electron chi connectivity index (χ0n) is 9.57. The van der Waals surface area contributed by atoms with E-state index < -0.39 is 10.1 Å². The maximum atomic E-state index is 11.1. The Morgan fingerprint density at radius 3 is 2.69 bits per heavy atom. The van der Waals surface area contributed by atoms with Gasteiger partial charge in [0.05, 0.1) is 12.9 Å². The molecular formula is C11H18O4S. The minimum absolute atomic E-state index is 0.216. The third-order valence-corrected chi connectivity index (χ3v) is 3.07. The molecule has 0 bridgehead atoms. The molecule has 0 aromatic heterocycles.